The molecule has 0 saturated carbocycles. The highest BCUT2D eigenvalue weighted by Gasteiger charge is 2.16. The zero-order chi connectivity index (χ0) is 13.0. The number of hydrogen-bond acceptors (Lipinski definition) is 3. The monoisotopic (exact) mass is 268 g/mol. The maximum absolute atomic E-state index is 13.0. The Balaban J connectivity index is 1.96. The number of halogens is 1. The van der Waals surface area contributed by atoms with Crippen molar-refractivity contribution in [1.29, 1.82) is 0 Å². The van der Waals surface area contributed by atoms with Crippen molar-refractivity contribution in [2.45, 2.75) is 0 Å². The molecule has 0 aliphatic carbocycles. The van der Waals surface area contributed by atoms with E-state index in [2.05, 4.69) is 5.32 Å². The lowest BCUT2D eigenvalue weighted by Gasteiger charge is -2.28. The quantitative estimate of drug-likeness (QED) is 0.776. The Morgan fingerprint density at radius 2 is 2.11 bits per heavy atom. The molecule has 1 aliphatic heterocycles. The molecule has 2 rings (SSSR count). The maximum atomic E-state index is 13.0. The van der Waals surface area contributed by atoms with Gasteiger partial charge in [-0.25, -0.2) is 4.39 Å². The lowest BCUT2D eigenvalue weighted by atomic mass is 10.2. The van der Waals surface area contributed by atoms with Gasteiger partial charge in [0.25, 0.3) is 5.91 Å². The number of morpholine rings is 1. The minimum atomic E-state index is -0.444. The average molecular weight is 268 g/mol. The highest BCUT2D eigenvalue weighted by atomic mass is 32.1. The van der Waals surface area contributed by atoms with Gasteiger partial charge >= 0.3 is 0 Å². The van der Waals surface area contributed by atoms with Gasteiger partial charge in [-0.05, 0) is 30.4 Å². The molecule has 6 heteroatoms. The predicted molar refractivity (Wildman–Crippen MR) is 68.9 cm³/mol. The van der Waals surface area contributed by atoms with E-state index in [9.17, 15) is 9.18 Å². The van der Waals surface area contributed by atoms with Crippen LogP contribution in [0.2, 0.25) is 0 Å². The van der Waals surface area contributed by atoms with Crippen molar-refractivity contribution >= 4 is 23.2 Å². The highest BCUT2D eigenvalue weighted by molar-refractivity contribution is 7.80. The van der Waals surface area contributed by atoms with E-state index in [0.717, 1.165) is 0 Å². The van der Waals surface area contributed by atoms with Crippen molar-refractivity contribution in [3.05, 3.63) is 35.6 Å². The van der Waals surface area contributed by atoms with E-state index in [-0.39, 0.29) is 5.56 Å². The molecule has 1 aliphatic rings. The number of nitrogens with one attached hydrogen (secondary N) is 1. The second-order valence-electron chi connectivity index (χ2n) is 3.87. The SMILES string of the molecule is O=C(NC(=S)N1CCOCC1)c1cccc(F)c1. The van der Waals surface area contributed by atoms with Crippen LogP contribution in [0.15, 0.2) is 24.3 Å². The molecular weight excluding hydrogens is 255 g/mol. The first kappa shape index (κ1) is 12.9. The average Bonchev–Trinajstić information content (AvgIpc) is 2.39. The fourth-order valence-electron chi connectivity index (χ4n) is 1.64. The van der Waals surface area contributed by atoms with Crippen LogP contribution < -0.4 is 5.32 Å². The second kappa shape index (κ2) is 5.88. The van der Waals surface area contributed by atoms with Crippen molar-refractivity contribution in [2.24, 2.45) is 0 Å². The smallest absolute Gasteiger partial charge is 0.257 e. The predicted octanol–water partition coefficient (Wildman–Crippen LogP) is 1.17. The Morgan fingerprint density at radius 1 is 1.39 bits per heavy atom. The highest BCUT2D eigenvalue weighted by Crippen LogP contribution is 2.04. The molecule has 0 unspecified atom stereocenters. The number of rotatable bonds is 1. The van der Waals surface area contributed by atoms with Crippen LogP contribution in [-0.2, 0) is 4.74 Å². The Labute approximate surface area is 110 Å². The Morgan fingerprint density at radius 3 is 2.78 bits per heavy atom. The Hall–Kier alpha value is -1.53. The number of benzene rings is 1. The summed E-state index contributed by atoms with van der Waals surface area (Å²) in [5.41, 5.74) is 0.255. The van der Waals surface area contributed by atoms with Gasteiger partial charge in [-0.2, -0.15) is 0 Å². The van der Waals surface area contributed by atoms with Crippen LogP contribution in [-0.4, -0.2) is 42.2 Å². The van der Waals surface area contributed by atoms with Crippen molar-refractivity contribution in [3.63, 3.8) is 0 Å². The molecule has 18 heavy (non-hydrogen) atoms. The van der Waals surface area contributed by atoms with Crippen molar-refractivity contribution in [2.75, 3.05) is 26.3 Å². The number of amides is 1. The topological polar surface area (TPSA) is 41.6 Å². The minimum absolute atomic E-state index is 0.255. The van der Waals surface area contributed by atoms with Crippen LogP contribution in [0.3, 0.4) is 0 Å². The number of carbonyl (C=O) groups is 1. The number of ether oxygens (including phenoxy) is 1. The van der Waals surface area contributed by atoms with Gasteiger partial charge in [-0.1, -0.05) is 6.07 Å². The van der Waals surface area contributed by atoms with E-state index in [4.69, 9.17) is 17.0 Å². The first-order valence-electron chi connectivity index (χ1n) is 5.60. The van der Waals surface area contributed by atoms with Crippen LogP contribution in [0.5, 0.6) is 0 Å². The van der Waals surface area contributed by atoms with E-state index in [1.54, 1.807) is 6.07 Å². The molecule has 1 saturated heterocycles. The Bertz CT molecular complexity index is 461. The normalized spacial score (nSPS) is 15.3. The molecule has 0 radical (unpaired) electrons. The van der Waals surface area contributed by atoms with Crippen molar-refractivity contribution in [1.82, 2.24) is 10.2 Å². The molecule has 1 fully saturated rings. The van der Waals surface area contributed by atoms with E-state index < -0.39 is 11.7 Å². The Kier molecular flexibility index (Phi) is 4.22. The summed E-state index contributed by atoms with van der Waals surface area (Å²) >= 11 is 5.13. The summed E-state index contributed by atoms with van der Waals surface area (Å²) in [5, 5.41) is 2.94. The molecule has 0 atom stereocenters. The van der Waals surface area contributed by atoms with Gasteiger partial charge in [0.05, 0.1) is 13.2 Å². The second-order valence-corrected chi connectivity index (χ2v) is 4.26. The molecule has 0 aromatic heterocycles. The van der Waals surface area contributed by atoms with Gasteiger partial charge in [0, 0.05) is 18.7 Å². The standard InChI is InChI=1S/C12H13FN2O2S/c13-10-3-1-2-9(8-10)11(16)14-12(18)15-4-6-17-7-5-15/h1-3,8H,4-7H2,(H,14,16,18). The number of carbonyl (C=O) groups excluding carboxylic acids is 1. The lowest BCUT2D eigenvalue weighted by molar-refractivity contribution is 0.0669. The summed E-state index contributed by atoms with van der Waals surface area (Å²) in [4.78, 5) is 13.7. The van der Waals surface area contributed by atoms with Crippen LogP contribution >= 0.6 is 12.2 Å². The van der Waals surface area contributed by atoms with Gasteiger partial charge in [-0.3, -0.25) is 10.1 Å². The van der Waals surface area contributed by atoms with Crippen LogP contribution in [0.1, 0.15) is 10.4 Å². The van der Waals surface area contributed by atoms with Gasteiger partial charge < -0.3 is 9.64 Å². The first-order valence-corrected chi connectivity index (χ1v) is 6.01. The van der Waals surface area contributed by atoms with Gasteiger partial charge in [0.1, 0.15) is 5.82 Å². The number of thiocarbonyl (C=S) groups is 1. The molecular formula is C12H13FN2O2S. The summed E-state index contributed by atoms with van der Waals surface area (Å²) in [6.45, 7) is 2.50. The number of hydrogen-bond donors (Lipinski definition) is 1. The molecule has 1 amide bonds. The van der Waals surface area contributed by atoms with Gasteiger partial charge in [0.2, 0.25) is 0 Å². The van der Waals surface area contributed by atoms with Crippen molar-refractivity contribution in [3.8, 4) is 0 Å². The third-order valence-corrected chi connectivity index (χ3v) is 2.97. The van der Waals surface area contributed by atoms with Gasteiger partial charge in [0.15, 0.2) is 5.11 Å². The third-order valence-electron chi connectivity index (χ3n) is 2.61. The molecule has 4 nitrogen and oxygen atoms in total. The van der Waals surface area contributed by atoms with E-state index in [0.29, 0.717) is 31.4 Å². The van der Waals surface area contributed by atoms with Crippen LogP contribution in [0.25, 0.3) is 0 Å². The summed E-state index contributed by atoms with van der Waals surface area (Å²) in [7, 11) is 0. The molecule has 96 valence electrons. The first-order chi connectivity index (χ1) is 8.66. The maximum Gasteiger partial charge on any atom is 0.257 e. The lowest BCUT2D eigenvalue weighted by Crippen LogP contribution is -2.47. The van der Waals surface area contributed by atoms with E-state index in [1.165, 1.54) is 18.2 Å². The van der Waals surface area contributed by atoms with Gasteiger partial charge in [-0.15, -0.1) is 0 Å². The van der Waals surface area contributed by atoms with E-state index >= 15 is 0 Å². The fraction of sp³-hybridized carbons (Fsp3) is 0.333. The zero-order valence-corrected chi connectivity index (χ0v) is 10.5. The van der Waals surface area contributed by atoms with E-state index in [1.807, 2.05) is 4.90 Å². The van der Waals surface area contributed by atoms with Crippen molar-refractivity contribution < 1.29 is 13.9 Å². The number of nitrogens with zero attached hydrogens (tertiary/aromatic N) is 1. The minimum Gasteiger partial charge on any atom is -0.378 e. The fourth-order valence-corrected chi connectivity index (χ4v) is 1.92. The third kappa shape index (κ3) is 3.24. The zero-order valence-electron chi connectivity index (χ0n) is 9.69. The molecule has 1 heterocycles. The summed E-state index contributed by atoms with van der Waals surface area (Å²) in [6, 6.07) is 5.50. The summed E-state index contributed by atoms with van der Waals surface area (Å²) in [5.74, 6) is -0.842. The molecule has 1 aromatic rings. The van der Waals surface area contributed by atoms with Crippen LogP contribution in [0, 0.1) is 5.82 Å². The molecule has 1 N–H and O–H groups in total. The summed E-state index contributed by atoms with van der Waals surface area (Å²) in [6.07, 6.45) is 0. The summed E-state index contributed by atoms with van der Waals surface area (Å²) < 4.78 is 18.2. The molecule has 0 spiro atoms. The van der Waals surface area contributed by atoms with Crippen LogP contribution in [0.4, 0.5) is 4.39 Å². The molecule has 1 aromatic carbocycles. The largest absolute Gasteiger partial charge is 0.378 e. The molecule has 0 bridgehead atoms.